The van der Waals surface area contributed by atoms with Crippen LogP contribution in [-0.4, -0.2) is 91.3 Å². The smallest absolute Gasteiger partial charge is 0.858 e. The summed E-state index contributed by atoms with van der Waals surface area (Å²) in [7, 11) is 8.04. The maximum atomic E-state index is 13.1. The van der Waals surface area contributed by atoms with Crippen molar-refractivity contribution in [2.45, 2.75) is 13.8 Å². The van der Waals surface area contributed by atoms with Gasteiger partial charge in [0.25, 0.3) is 5.91 Å². The van der Waals surface area contributed by atoms with Crippen molar-refractivity contribution in [2.24, 2.45) is 10.1 Å². The summed E-state index contributed by atoms with van der Waals surface area (Å²) in [6.07, 6.45) is 0. The summed E-state index contributed by atoms with van der Waals surface area (Å²) in [5.74, 6) is -0.276. The number of hydrazone groups is 1. The Morgan fingerprint density at radius 2 is 1.25 bits per heavy atom. The second-order valence-corrected chi connectivity index (χ2v) is 12.8. The Kier molecular flexibility index (Phi) is 15.0. The van der Waals surface area contributed by atoms with E-state index in [2.05, 4.69) is 20.0 Å². The Hall–Kier alpha value is -5.22. The molecule has 268 valence electrons. The van der Waals surface area contributed by atoms with Crippen LogP contribution in [0.4, 0.5) is 5.69 Å². The first kappa shape index (κ1) is 40.6. The first-order valence-electron chi connectivity index (χ1n) is 17.3. The van der Waals surface area contributed by atoms with Crippen LogP contribution in [0.25, 0.3) is 16.7 Å². The summed E-state index contributed by atoms with van der Waals surface area (Å²) >= 11 is 0. The minimum atomic E-state index is -0.138. The molecule has 5 aromatic rings. The van der Waals surface area contributed by atoms with E-state index in [0.717, 1.165) is 35.6 Å². The molecule has 1 amide bonds. The average Bonchev–Trinajstić information content (AvgIpc) is 3.62. The fourth-order valence-electron chi connectivity index (χ4n) is 5.59. The number of aryl methyl sites for hydroxylation is 1. The van der Waals surface area contributed by atoms with Gasteiger partial charge in [-0.1, -0.05) is 97.1 Å². The average molecular weight is 760 g/mol. The molecule has 0 unspecified atom stereocenters. The van der Waals surface area contributed by atoms with Gasteiger partial charge in [-0.3, -0.25) is 9.79 Å². The van der Waals surface area contributed by atoms with Crippen LogP contribution < -0.4 is 10.1 Å². The number of nitrogens with zero attached hydrogens (tertiary/aromatic N) is 8. The minimum absolute atomic E-state index is 0. The molecule has 0 saturated heterocycles. The second kappa shape index (κ2) is 19.6. The Labute approximate surface area is 325 Å². The van der Waals surface area contributed by atoms with E-state index in [0.29, 0.717) is 47.0 Å². The molecular weight excluding hydrogens is 714 g/mol. The summed E-state index contributed by atoms with van der Waals surface area (Å²) in [4.78, 5) is 22.0. The summed E-state index contributed by atoms with van der Waals surface area (Å²) in [5, 5.41) is 28.3. The van der Waals surface area contributed by atoms with Crippen molar-refractivity contribution in [3.63, 3.8) is 0 Å². The molecule has 0 spiro atoms. The number of benzene rings is 4. The molecule has 0 radical (unpaired) electrons. The van der Waals surface area contributed by atoms with E-state index in [1.807, 2.05) is 163 Å². The molecule has 0 saturated carbocycles. The molecule has 2 heterocycles. The zero-order valence-electron chi connectivity index (χ0n) is 31.5. The molecular formula is C42H46N8O2Zn. The van der Waals surface area contributed by atoms with Gasteiger partial charge in [0.1, 0.15) is 0 Å². The number of amides is 1. The molecule has 0 atom stereocenters. The van der Waals surface area contributed by atoms with Crippen molar-refractivity contribution in [3.05, 3.63) is 155 Å². The Bertz CT molecular complexity index is 2010. The largest absolute Gasteiger partial charge is 2.00 e. The SMILES string of the molecule is CC1=NN(c2ccccc2)C(=O)/C1=C(\[N-]CCN(C)C)c1ccccc1.Cc1nn(-c2ccccc2)c([O-])c1C(=NCCN(C)C)c1ccccc1.[Zn+2]. The third-order valence-corrected chi connectivity index (χ3v) is 8.24. The monoisotopic (exact) mass is 758 g/mol. The summed E-state index contributed by atoms with van der Waals surface area (Å²) < 4.78 is 1.45. The maximum absolute atomic E-state index is 13.1. The number of aromatic nitrogens is 2. The summed E-state index contributed by atoms with van der Waals surface area (Å²) in [6, 6.07) is 38.6. The summed E-state index contributed by atoms with van der Waals surface area (Å²) in [6.45, 7) is 6.59. The number of hydrogen-bond acceptors (Lipinski definition) is 7. The molecule has 6 rings (SSSR count). The van der Waals surface area contributed by atoms with Gasteiger partial charge in [0.05, 0.1) is 40.6 Å². The van der Waals surface area contributed by atoms with Crippen molar-refractivity contribution >= 4 is 28.7 Å². The predicted molar refractivity (Wildman–Crippen MR) is 210 cm³/mol. The van der Waals surface area contributed by atoms with Crippen LogP contribution in [0.3, 0.4) is 0 Å². The second-order valence-electron chi connectivity index (χ2n) is 12.8. The van der Waals surface area contributed by atoms with E-state index in [1.165, 1.54) is 9.69 Å². The normalized spacial score (nSPS) is 13.7. The number of carbonyl (C=O) groups is 1. The van der Waals surface area contributed by atoms with Gasteiger partial charge in [-0.05, 0) is 78.4 Å². The van der Waals surface area contributed by atoms with Crippen LogP contribution >= 0.6 is 0 Å². The van der Waals surface area contributed by atoms with Crippen LogP contribution in [0.1, 0.15) is 29.3 Å². The number of rotatable bonds is 12. The third-order valence-electron chi connectivity index (χ3n) is 8.24. The molecule has 0 fully saturated rings. The van der Waals surface area contributed by atoms with E-state index < -0.39 is 0 Å². The fourth-order valence-corrected chi connectivity index (χ4v) is 5.59. The van der Waals surface area contributed by atoms with Crippen LogP contribution in [0.2, 0.25) is 0 Å². The van der Waals surface area contributed by atoms with Crippen molar-refractivity contribution in [1.82, 2.24) is 19.6 Å². The Morgan fingerprint density at radius 1 is 0.736 bits per heavy atom. The van der Waals surface area contributed by atoms with E-state index >= 15 is 0 Å². The van der Waals surface area contributed by atoms with Gasteiger partial charge < -0.3 is 20.2 Å². The van der Waals surface area contributed by atoms with Crippen LogP contribution in [-0.2, 0) is 24.3 Å². The predicted octanol–water partition coefficient (Wildman–Crippen LogP) is 6.41. The first-order valence-corrected chi connectivity index (χ1v) is 17.3. The van der Waals surface area contributed by atoms with Crippen molar-refractivity contribution in [3.8, 4) is 11.6 Å². The van der Waals surface area contributed by atoms with Crippen LogP contribution in [0, 0.1) is 6.92 Å². The zero-order valence-corrected chi connectivity index (χ0v) is 34.4. The topological polar surface area (TPSA) is 106 Å². The van der Waals surface area contributed by atoms with Crippen molar-refractivity contribution < 1.29 is 29.4 Å². The van der Waals surface area contributed by atoms with E-state index in [-0.39, 0.29) is 31.3 Å². The van der Waals surface area contributed by atoms with Gasteiger partial charge in [-0.25, -0.2) is 4.68 Å². The van der Waals surface area contributed by atoms with Crippen molar-refractivity contribution in [2.75, 3.05) is 59.4 Å². The molecule has 1 aromatic heterocycles. The quantitative estimate of drug-likeness (QED) is 0.0832. The number of hydrogen-bond donors (Lipinski definition) is 0. The molecule has 0 N–H and O–H groups in total. The van der Waals surface area contributed by atoms with Gasteiger partial charge >= 0.3 is 19.5 Å². The number of aliphatic imine (C=N–C) groups is 1. The molecule has 53 heavy (non-hydrogen) atoms. The van der Waals surface area contributed by atoms with Gasteiger partial charge in [0.2, 0.25) is 0 Å². The third kappa shape index (κ3) is 10.4. The van der Waals surface area contributed by atoms with Gasteiger partial charge in [-0.2, -0.15) is 15.2 Å². The van der Waals surface area contributed by atoms with Crippen molar-refractivity contribution in [1.29, 1.82) is 0 Å². The minimum Gasteiger partial charge on any atom is -0.858 e. The molecule has 1 aliphatic rings. The first-order chi connectivity index (χ1) is 25.2. The standard InChI is InChI=1S/2C21H24N4O.Zn/c2*1-16-19(21(26)25(23-16)18-12-8-5-9-13-18)20(22-14-15-24(2)3)17-10-6-4-7-11-17;/h4-13H,14-15H2,1-3H3,(H,22,23,26);4-13,26H,14-15H2,1-3H3;/q;;+2/p-2. The number of carbonyl (C=O) groups excluding carboxylic acids is 1. The van der Waals surface area contributed by atoms with E-state index in [4.69, 9.17) is 10.3 Å². The molecule has 10 nitrogen and oxygen atoms in total. The van der Waals surface area contributed by atoms with E-state index in [9.17, 15) is 9.90 Å². The molecule has 0 aliphatic carbocycles. The molecule has 1 aliphatic heterocycles. The van der Waals surface area contributed by atoms with Gasteiger partial charge in [0, 0.05) is 23.6 Å². The Balaban J connectivity index is 0.000000232. The fraction of sp³-hybridized carbons (Fsp3) is 0.238. The molecule has 11 heteroatoms. The Morgan fingerprint density at radius 3 is 1.79 bits per heavy atom. The number of anilines is 1. The summed E-state index contributed by atoms with van der Waals surface area (Å²) in [5.41, 5.74) is 7.29. The number of likely N-dealkylation sites (N-methyl/N-ethyl adjacent to an activating group) is 2. The van der Waals surface area contributed by atoms with Gasteiger partial charge in [0.15, 0.2) is 0 Å². The van der Waals surface area contributed by atoms with Gasteiger partial charge in [-0.15, -0.1) is 12.2 Å². The number of para-hydroxylation sites is 2. The zero-order chi connectivity index (χ0) is 37.0. The van der Waals surface area contributed by atoms with Crippen LogP contribution in [0.5, 0.6) is 5.88 Å². The molecule has 0 bridgehead atoms. The van der Waals surface area contributed by atoms with E-state index in [1.54, 1.807) is 0 Å². The molecule has 4 aromatic carbocycles. The maximum Gasteiger partial charge on any atom is 2.00 e. The van der Waals surface area contributed by atoms with Crippen LogP contribution in [0.15, 0.2) is 137 Å².